The molecule has 4 nitrogen and oxygen atoms in total. The summed E-state index contributed by atoms with van der Waals surface area (Å²) >= 11 is 0. The Hall–Kier alpha value is -1.36. The van der Waals surface area contributed by atoms with E-state index in [1.165, 1.54) is 0 Å². The zero-order valence-electron chi connectivity index (χ0n) is 13.9. The monoisotopic (exact) mass is 322 g/mol. The van der Waals surface area contributed by atoms with Gasteiger partial charge in [0.15, 0.2) is 0 Å². The Bertz CT molecular complexity index is 562. The van der Waals surface area contributed by atoms with E-state index in [9.17, 15) is 9.00 Å². The summed E-state index contributed by atoms with van der Waals surface area (Å²) in [5.74, 6) is 1.76. The Kier molecular flexibility index (Phi) is 5.62. The number of amides is 1. The number of carbonyl (C=O) groups excluding carboxylic acids is 1. The van der Waals surface area contributed by atoms with Crippen molar-refractivity contribution >= 4 is 22.4 Å². The second kappa shape index (κ2) is 7.27. The molecule has 1 aliphatic heterocycles. The van der Waals surface area contributed by atoms with Gasteiger partial charge in [0.2, 0.25) is 0 Å². The third kappa shape index (κ3) is 3.88. The van der Waals surface area contributed by atoms with Crippen molar-refractivity contribution in [2.24, 2.45) is 5.92 Å². The summed E-state index contributed by atoms with van der Waals surface area (Å²) in [6, 6.07) is 6.18. The van der Waals surface area contributed by atoms with Crippen LogP contribution < -0.4 is 5.32 Å². The fourth-order valence-electron chi connectivity index (χ4n) is 2.45. The molecule has 1 aromatic rings. The first kappa shape index (κ1) is 17.0. The van der Waals surface area contributed by atoms with E-state index < -0.39 is 10.8 Å². The maximum absolute atomic E-state index is 12.7. The molecule has 1 atom stereocenters. The van der Waals surface area contributed by atoms with Crippen LogP contribution in [0.2, 0.25) is 0 Å². The Morgan fingerprint density at radius 2 is 1.86 bits per heavy atom. The van der Waals surface area contributed by atoms with Crippen molar-refractivity contribution in [3.05, 3.63) is 29.3 Å². The lowest BCUT2D eigenvalue weighted by Crippen LogP contribution is -2.42. The fraction of sp³-hybridized carbons (Fsp3) is 0.588. The molecule has 1 saturated heterocycles. The Labute approximate surface area is 135 Å². The molecule has 1 amide bonds. The highest BCUT2D eigenvalue weighted by Crippen LogP contribution is 2.23. The van der Waals surface area contributed by atoms with Crippen LogP contribution in [-0.4, -0.2) is 45.7 Å². The fourth-order valence-corrected chi connectivity index (χ4v) is 3.50. The molecule has 0 aliphatic carbocycles. The molecule has 0 saturated carbocycles. The van der Waals surface area contributed by atoms with Gasteiger partial charge in [-0.2, -0.15) is 0 Å². The van der Waals surface area contributed by atoms with Gasteiger partial charge in [0.05, 0.1) is 0 Å². The lowest BCUT2D eigenvalue weighted by molar-refractivity contribution is 0.0770. The van der Waals surface area contributed by atoms with Crippen molar-refractivity contribution in [3.8, 4) is 0 Å². The molecule has 0 spiro atoms. The lowest BCUT2D eigenvalue weighted by atomic mass is 10.0. The maximum atomic E-state index is 12.7. The normalized spacial score (nSPS) is 17.6. The van der Waals surface area contributed by atoms with Crippen molar-refractivity contribution in [3.63, 3.8) is 0 Å². The summed E-state index contributed by atoms with van der Waals surface area (Å²) in [6.45, 7) is 9.67. The van der Waals surface area contributed by atoms with Crippen LogP contribution in [0, 0.1) is 12.8 Å². The molecule has 5 heteroatoms. The van der Waals surface area contributed by atoms with E-state index >= 15 is 0 Å². The number of hydrogen-bond acceptors (Lipinski definition) is 3. The first-order valence-electron chi connectivity index (χ1n) is 7.90. The molecular weight excluding hydrogens is 296 g/mol. The molecule has 1 heterocycles. The van der Waals surface area contributed by atoms with E-state index in [1.807, 2.05) is 30.0 Å². The topological polar surface area (TPSA) is 49.4 Å². The zero-order valence-corrected chi connectivity index (χ0v) is 14.7. The predicted molar refractivity (Wildman–Crippen MR) is 92.9 cm³/mol. The molecular formula is C17H26N2O2S. The molecule has 1 unspecified atom stereocenters. The molecule has 0 aromatic heterocycles. The molecule has 1 aromatic carbocycles. The van der Waals surface area contributed by atoms with Gasteiger partial charge in [-0.05, 0) is 37.5 Å². The number of benzene rings is 1. The average Bonchev–Trinajstić information content (AvgIpc) is 2.49. The number of carbonyl (C=O) groups is 1. The zero-order chi connectivity index (χ0) is 16.3. The lowest BCUT2D eigenvalue weighted by Gasteiger charge is -2.28. The quantitative estimate of drug-likeness (QED) is 0.927. The van der Waals surface area contributed by atoms with Crippen LogP contribution >= 0.6 is 0 Å². The number of anilines is 1. The first-order chi connectivity index (χ1) is 10.4. The minimum atomic E-state index is -0.763. The summed E-state index contributed by atoms with van der Waals surface area (Å²) in [4.78, 5) is 14.5. The number of hydrogen-bond donors (Lipinski definition) is 1. The summed E-state index contributed by atoms with van der Waals surface area (Å²) in [7, 11) is -0.763. The minimum absolute atomic E-state index is 0.0510. The van der Waals surface area contributed by atoms with Crippen LogP contribution in [0.4, 0.5) is 5.69 Å². The van der Waals surface area contributed by atoms with E-state index in [0.717, 1.165) is 16.8 Å². The Morgan fingerprint density at radius 1 is 1.23 bits per heavy atom. The first-order valence-corrected chi connectivity index (χ1v) is 9.39. The predicted octanol–water partition coefficient (Wildman–Crippen LogP) is 2.66. The average molecular weight is 322 g/mol. The van der Waals surface area contributed by atoms with E-state index in [-0.39, 0.29) is 5.91 Å². The minimum Gasteiger partial charge on any atom is -0.382 e. The third-order valence-electron chi connectivity index (χ3n) is 4.41. The number of rotatable bonds is 4. The molecule has 1 N–H and O–H groups in total. The van der Waals surface area contributed by atoms with Gasteiger partial charge in [-0.1, -0.05) is 19.9 Å². The van der Waals surface area contributed by atoms with E-state index in [2.05, 4.69) is 26.1 Å². The highest BCUT2D eigenvalue weighted by molar-refractivity contribution is 7.85. The summed E-state index contributed by atoms with van der Waals surface area (Å²) in [5.41, 5.74) is 2.76. The number of nitrogens with zero attached hydrogens (tertiary/aromatic N) is 1. The van der Waals surface area contributed by atoms with E-state index in [4.69, 9.17) is 0 Å². The van der Waals surface area contributed by atoms with Crippen LogP contribution in [0.5, 0.6) is 0 Å². The second-order valence-electron chi connectivity index (χ2n) is 6.30. The van der Waals surface area contributed by atoms with Crippen molar-refractivity contribution < 1.29 is 9.00 Å². The highest BCUT2D eigenvalue weighted by atomic mass is 32.2. The van der Waals surface area contributed by atoms with Crippen LogP contribution in [-0.2, 0) is 10.8 Å². The number of nitrogens with one attached hydrogen (secondary N) is 1. The van der Waals surface area contributed by atoms with Crippen LogP contribution in [0.25, 0.3) is 0 Å². The smallest absolute Gasteiger partial charge is 0.254 e. The molecule has 0 radical (unpaired) electrons. The van der Waals surface area contributed by atoms with Crippen LogP contribution in [0.3, 0.4) is 0 Å². The van der Waals surface area contributed by atoms with Crippen molar-refractivity contribution in [1.29, 1.82) is 0 Å². The largest absolute Gasteiger partial charge is 0.382 e. The van der Waals surface area contributed by atoms with Gasteiger partial charge in [-0.15, -0.1) is 0 Å². The van der Waals surface area contributed by atoms with E-state index in [1.54, 1.807) is 0 Å². The molecule has 1 aliphatic rings. The third-order valence-corrected chi connectivity index (χ3v) is 5.69. The molecule has 22 heavy (non-hydrogen) atoms. The Balaban J connectivity index is 2.17. The molecule has 0 bridgehead atoms. The summed E-state index contributed by atoms with van der Waals surface area (Å²) in [6.07, 6.45) is 0. The molecule has 122 valence electrons. The van der Waals surface area contributed by atoms with E-state index in [0.29, 0.717) is 36.6 Å². The van der Waals surface area contributed by atoms with Crippen LogP contribution in [0.1, 0.15) is 36.7 Å². The van der Waals surface area contributed by atoms with Gasteiger partial charge in [0.25, 0.3) is 5.91 Å². The molecule has 1 fully saturated rings. The van der Waals surface area contributed by atoms with Gasteiger partial charge in [-0.3, -0.25) is 9.00 Å². The van der Waals surface area contributed by atoms with Crippen molar-refractivity contribution in [2.75, 3.05) is 29.9 Å². The second-order valence-corrected chi connectivity index (χ2v) is 7.99. The Morgan fingerprint density at radius 3 is 2.45 bits per heavy atom. The van der Waals surface area contributed by atoms with Crippen molar-refractivity contribution in [1.82, 2.24) is 4.90 Å². The van der Waals surface area contributed by atoms with Gasteiger partial charge in [0, 0.05) is 52.7 Å². The summed E-state index contributed by atoms with van der Waals surface area (Å²) < 4.78 is 11.4. The van der Waals surface area contributed by atoms with Gasteiger partial charge < -0.3 is 10.2 Å². The van der Waals surface area contributed by atoms with Crippen LogP contribution in [0.15, 0.2) is 18.2 Å². The highest BCUT2D eigenvalue weighted by Gasteiger charge is 2.23. The van der Waals surface area contributed by atoms with Gasteiger partial charge in [-0.25, -0.2) is 0 Å². The molecule has 2 rings (SSSR count). The van der Waals surface area contributed by atoms with Crippen molar-refractivity contribution in [2.45, 2.75) is 33.7 Å². The standard InChI is InChI=1S/C17H26N2O2S/c1-12(2)14(4)18-16-7-5-6-15(13(16)3)17(20)19-8-10-22(21)11-9-19/h5-7,12,14,18H,8-11H2,1-4H3. The van der Waals surface area contributed by atoms with Gasteiger partial charge >= 0.3 is 0 Å². The SMILES string of the molecule is Cc1c(NC(C)C(C)C)cccc1C(=O)N1CCS(=O)CC1. The summed E-state index contributed by atoms with van der Waals surface area (Å²) in [5, 5.41) is 3.50. The van der Waals surface area contributed by atoms with Gasteiger partial charge in [0.1, 0.15) is 0 Å². The maximum Gasteiger partial charge on any atom is 0.254 e.